The molecule has 0 bridgehead atoms. The van der Waals surface area contributed by atoms with Gasteiger partial charge in [0.15, 0.2) is 0 Å². The Morgan fingerprint density at radius 1 is 0.903 bits per heavy atom. The average molecular weight is 415 g/mol. The van der Waals surface area contributed by atoms with E-state index in [4.69, 9.17) is 4.74 Å². The molecular weight excluding hydrogens is 388 g/mol. The summed E-state index contributed by atoms with van der Waals surface area (Å²) in [6, 6.07) is 22.3. The summed E-state index contributed by atoms with van der Waals surface area (Å²) < 4.78 is 5.86. The Bertz CT molecular complexity index is 1070. The number of benzene rings is 3. The molecular formula is C26H26N2O3. The Labute approximate surface area is 182 Å². The van der Waals surface area contributed by atoms with Gasteiger partial charge in [0.05, 0.1) is 0 Å². The van der Waals surface area contributed by atoms with Crippen LogP contribution in [0.1, 0.15) is 44.7 Å². The normalized spacial score (nSPS) is 13.1. The van der Waals surface area contributed by atoms with Crippen molar-refractivity contribution in [2.75, 3.05) is 18.4 Å². The van der Waals surface area contributed by atoms with Crippen molar-refractivity contribution in [3.05, 3.63) is 95.1 Å². The van der Waals surface area contributed by atoms with Gasteiger partial charge in [-0.1, -0.05) is 35.9 Å². The number of nitrogens with zero attached hydrogens (tertiary/aromatic N) is 1. The zero-order valence-electron chi connectivity index (χ0n) is 17.6. The van der Waals surface area contributed by atoms with Gasteiger partial charge in [0, 0.05) is 29.9 Å². The summed E-state index contributed by atoms with van der Waals surface area (Å²) in [6.07, 6.45) is 2.13. The zero-order chi connectivity index (χ0) is 21.6. The Morgan fingerprint density at radius 3 is 2.39 bits per heavy atom. The summed E-state index contributed by atoms with van der Waals surface area (Å²) >= 11 is 0. The zero-order valence-corrected chi connectivity index (χ0v) is 17.6. The first kappa shape index (κ1) is 20.7. The third kappa shape index (κ3) is 5.31. The second kappa shape index (κ2) is 9.47. The van der Waals surface area contributed by atoms with Crippen LogP contribution in [-0.4, -0.2) is 29.8 Å². The highest BCUT2D eigenvalue weighted by Crippen LogP contribution is 2.19. The molecule has 0 aliphatic carbocycles. The predicted octanol–water partition coefficient (Wildman–Crippen LogP) is 5.06. The fourth-order valence-corrected chi connectivity index (χ4v) is 3.70. The standard InChI is InChI=1S/C26H26N2O3/c1-19-6-4-7-20(16-19)18-31-24-9-5-8-22(17-24)25(29)27-23-12-10-21(11-13-23)26(30)28-14-2-3-15-28/h4-13,16-17H,2-3,14-15,18H2,1H3,(H,27,29). The maximum Gasteiger partial charge on any atom is 0.255 e. The first-order valence-corrected chi connectivity index (χ1v) is 10.6. The number of anilines is 1. The molecule has 1 saturated heterocycles. The SMILES string of the molecule is Cc1cccc(COc2cccc(C(=O)Nc3ccc(C(=O)N4CCCC4)cc3)c2)c1. The largest absolute Gasteiger partial charge is 0.489 e. The maximum atomic E-state index is 12.7. The van der Waals surface area contributed by atoms with E-state index in [0.717, 1.165) is 31.5 Å². The molecule has 0 atom stereocenters. The monoisotopic (exact) mass is 414 g/mol. The highest BCUT2D eigenvalue weighted by Gasteiger charge is 2.19. The molecule has 3 aromatic rings. The molecule has 1 heterocycles. The summed E-state index contributed by atoms with van der Waals surface area (Å²) in [5, 5.41) is 2.88. The molecule has 31 heavy (non-hydrogen) atoms. The van der Waals surface area contributed by atoms with Crippen molar-refractivity contribution >= 4 is 17.5 Å². The molecule has 1 aliphatic heterocycles. The Morgan fingerprint density at radius 2 is 1.65 bits per heavy atom. The first-order chi connectivity index (χ1) is 15.1. The van der Waals surface area contributed by atoms with Crippen molar-refractivity contribution in [1.29, 1.82) is 0 Å². The molecule has 5 nitrogen and oxygen atoms in total. The van der Waals surface area contributed by atoms with Gasteiger partial charge in [-0.3, -0.25) is 9.59 Å². The quantitative estimate of drug-likeness (QED) is 0.613. The van der Waals surface area contributed by atoms with Crippen molar-refractivity contribution in [2.45, 2.75) is 26.4 Å². The summed E-state index contributed by atoms with van der Waals surface area (Å²) in [5.74, 6) is 0.467. The van der Waals surface area contributed by atoms with Crippen molar-refractivity contribution < 1.29 is 14.3 Å². The van der Waals surface area contributed by atoms with Crippen LogP contribution in [-0.2, 0) is 6.61 Å². The predicted molar refractivity (Wildman–Crippen MR) is 121 cm³/mol. The Balaban J connectivity index is 1.37. The van der Waals surface area contributed by atoms with Gasteiger partial charge >= 0.3 is 0 Å². The highest BCUT2D eigenvalue weighted by atomic mass is 16.5. The van der Waals surface area contributed by atoms with E-state index < -0.39 is 0 Å². The summed E-state index contributed by atoms with van der Waals surface area (Å²) in [6.45, 7) is 4.13. The number of hydrogen-bond acceptors (Lipinski definition) is 3. The number of nitrogens with one attached hydrogen (secondary N) is 1. The minimum Gasteiger partial charge on any atom is -0.489 e. The van der Waals surface area contributed by atoms with Gasteiger partial charge in [-0.2, -0.15) is 0 Å². The van der Waals surface area contributed by atoms with Crippen LogP contribution in [0.3, 0.4) is 0 Å². The van der Waals surface area contributed by atoms with E-state index >= 15 is 0 Å². The number of likely N-dealkylation sites (tertiary alicyclic amines) is 1. The lowest BCUT2D eigenvalue weighted by Gasteiger charge is -2.15. The van der Waals surface area contributed by atoms with Crippen LogP contribution in [0.5, 0.6) is 5.75 Å². The van der Waals surface area contributed by atoms with Crippen LogP contribution in [0, 0.1) is 6.92 Å². The molecule has 1 fully saturated rings. The Hall–Kier alpha value is -3.60. The molecule has 5 heteroatoms. The van der Waals surface area contributed by atoms with Gasteiger partial charge in [0.2, 0.25) is 0 Å². The molecule has 0 unspecified atom stereocenters. The van der Waals surface area contributed by atoms with E-state index in [0.29, 0.717) is 29.2 Å². The smallest absolute Gasteiger partial charge is 0.255 e. The van der Waals surface area contributed by atoms with Crippen molar-refractivity contribution in [1.82, 2.24) is 4.90 Å². The molecule has 4 rings (SSSR count). The molecule has 1 N–H and O–H groups in total. The molecule has 0 radical (unpaired) electrons. The van der Waals surface area contributed by atoms with Gasteiger partial charge in [-0.05, 0) is 67.8 Å². The van der Waals surface area contributed by atoms with E-state index in [1.165, 1.54) is 5.56 Å². The summed E-state index contributed by atoms with van der Waals surface area (Å²) in [5.41, 5.74) is 4.07. The van der Waals surface area contributed by atoms with Crippen LogP contribution in [0.25, 0.3) is 0 Å². The van der Waals surface area contributed by atoms with Gasteiger partial charge < -0.3 is 15.0 Å². The summed E-state index contributed by atoms with van der Waals surface area (Å²) in [7, 11) is 0. The van der Waals surface area contributed by atoms with E-state index in [9.17, 15) is 9.59 Å². The molecule has 0 saturated carbocycles. The number of aryl methyl sites for hydroxylation is 1. The Kier molecular flexibility index (Phi) is 6.32. The lowest BCUT2D eigenvalue weighted by molar-refractivity contribution is 0.0792. The second-order valence-electron chi connectivity index (χ2n) is 7.84. The molecule has 1 aliphatic rings. The van der Waals surface area contributed by atoms with E-state index in [2.05, 4.69) is 11.4 Å². The van der Waals surface area contributed by atoms with Crippen LogP contribution < -0.4 is 10.1 Å². The third-order valence-corrected chi connectivity index (χ3v) is 5.37. The average Bonchev–Trinajstić information content (AvgIpc) is 3.33. The molecule has 0 spiro atoms. The molecule has 0 aromatic heterocycles. The van der Waals surface area contributed by atoms with Crippen molar-refractivity contribution in [3.63, 3.8) is 0 Å². The minimum atomic E-state index is -0.223. The number of carbonyl (C=O) groups is 2. The highest BCUT2D eigenvalue weighted by molar-refractivity contribution is 6.04. The van der Waals surface area contributed by atoms with Gasteiger partial charge in [0.25, 0.3) is 11.8 Å². The van der Waals surface area contributed by atoms with Gasteiger partial charge in [-0.25, -0.2) is 0 Å². The topological polar surface area (TPSA) is 58.6 Å². The van der Waals surface area contributed by atoms with Crippen LogP contribution in [0.2, 0.25) is 0 Å². The fraction of sp³-hybridized carbons (Fsp3) is 0.231. The lowest BCUT2D eigenvalue weighted by Crippen LogP contribution is -2.27. The number of hydrogen-bond donors (Lipinski definition) is 1. The van der Waals surface area contributed by atoms with E-state index in [-0.39, 0.29) is 11.8 Å². The fourth-order valence-electron chi connectivity index (χ4n) is 3.70. The number of carbonyl (C=O) groups excluding carboxylic acids is 2. The first-order valence-electron chi connectivity index (χ1n) is 10.6. The maximum absolute atomic E-state index is 12.7. The van der Waals surface area contributed by atoms with Gasteiger partial charge in [0.1, 0.15) is 12.4 Å². The lowest BCUT2D eigenvalue weighted by atomic mass is 10.1. The van der Waals surface area contributed by atoms with Gasteiger partial charge in [-0.15, -0.1) is 0 Å². The minimum absolute atomic E-state index is 0.0498. The number of rotatable bonds is 6. The van der Waals surface area contributed by atoms with Crippen molar-refractivity contribution in [2.24, 2.45) is 0 Å². The number of amides is 2. The second-order valence-corrected chi connectivity index (χ2v) is 7.84. The summed E-state index contributed by atoms with van der Waals surface area (Å²) in [4.78, 5) is 27.0. The molecule has 3 aromatic carbocycles. The third-order valence-electron chi connectivity index (χ3n) is 5.37. The van der Waals surface area contributed by atoms with Crippen LogP contribution >= 0.6 is 0 Å². The van der Waals surface area contributed by atoms with Crippen LogP contribution in [0.4, 0.5) is 5.69 Å². The van der Waals surface area contributed by atoms with E-state index in [1.807, 2.05) is 36.1 Å². The molecule has 158 valence electrons. The van der Waals surface area contributed by atoms with Crippen LogP contribution in [0.15, 0.2) is 72.8 Å². The number of ether oxygens (including phenoxy) is 1. The van der Waals surface area contributed by atoms with Crippen molar-refractivity contribution in [3.8, 4) is 5.75 Å². The molecule has 2 amide bonds. The van der Waals surface area contributed by atoms with E-state index in [1.54, 1.807) is 42.5 Å².